The molecule has 1 heterocycles. The Labute approximate surface area is 101 Å². The highest BCUT2D eigenvalue weighted by Crippen LogP contribution is 2.25. The summed E-state index contributed by atoms with van der Waals surface area (Å²) in [4.78, 5) is 12.8. The lowest BCUT2D eigenvalue weighted by Crippen LogP contribution is -2.25. The Hall–Kier alpha value is -1.71. The molecule has 0 atom stereocenters. The van der Waals surface area contributed by atoms with Gasteiger partial charge >= 0.3 is 6.09 Å². The van der Waals surface area contributed by atoms with Crippen molar-refractivity contribution in [3.8, 4) is 5.75 Å². The fourth-order valence-corrected chi connectivity index (χ4v) is 2.01. The van der Waals surface area contributed by atoms with Crippen LogP contribution in [0.15, 0.2) is 18.2 Å². The van der Waals surface area contributed by atoms with Gasteiger partial charge < -0.3 is 14.4 Å². The standard InChI is InChI=1S/C13H17NO3/c1-14(13(15)16-2)9-10-5-6-12-11(8-10)4-3-7-17-12/h5-6,8H,3-4,7,9H2,1-2H3. The molecule has 0 spiro atoms. The van der Waals surface area contributed by atoms with Gasteiger partial charge in [0.05, 0.1) is 13.7 Å². The van der Waals surface area contributed by atoms with Crippen molar-refractivity contribution in [3.05, 3.63) is 29.3 Å². The first-order chi connectivity index (χ1) is 8.20. The topological polar surface area (TPSA) is 38.8 Å². The zero-order valence-corrected chi connectivity index (χ0v) is 10.2. The number of carbonyl (C=O) groups is 1. The van der Waals surface area contributed by atoms with Gasteiger partial charge in [0.25, 0.3) is 0 Å². The molecule has 0 radical (unpaired) electrons. The van der Waals surface area contributed by atoms with E-state index in [1.165, 1.54) is 12.7 Å². The number of fused-ring (bicyclic) bond motifs is 1. The molecule has 0 unspecified atom stereocenters. The van der Waals surface area contributed by atoms with Crippen molar-refractivity contribution in [1.29, 1.82) is 0 Å². The number of rotatable bonds is 2. The van der Waals surface area contributed by atoms with Crippen molar-refractivity contribution < 1.29 is 14.3 Å². The SMILES string of the molecule is COC(=O)N(C)Cc1ccc2c(c1)CCCO2. The van der Waals surface area contributed by atoms with Crippen molar-refractivity contribution in [2.45, 2.75) is 19.4 Å². The first-order valence-electron chi connectivity index (χ1n) is 5.74. The molecule has 4 nitrogen and oxygen atoms in total. The van der Waals surface area contributed by atoms with Gasteiger partial charge in [0, 0.05) is 13.6 Å². The van der Waals surface area contributed by atoms with Gasteiger partial charge in [-0.2, -0.15) is 0 Å². The van der Waals surface area contributed by atoms with Crippen LogP contribution in [-0.4, -0.2) is 31.8 Å². The van der Waals surface area contributed by atoms with E-state index < -0.39 is 0 Å². The van der Waals surface area contributed by atoms with Crippen LogP contribution in [0, 0.1) is 0 Å². The summed E-state index contributed by atoms with van der Waals surface area (Å²) in [5, 5.41) is 0. The summed E-state index contributed by atoms with van der Waals surface area (Å²) < 4.78 is 10.2. The van der Waals surface area contributed by atoms with E-state index in [4.69, 9.17) is 4.74 Å². The van der Waals surface area contributed by atoms with Crippen molar-refractivity contribution in [1.82, 2.24) is 4.90 Å². The molecule has 1 aliphatic rings. The van der Waals surface area contributed by atoms with Crippen molar-refractivity contribution in [2.75, 3.05) is 20.8 Å². The largest absolute Gasteiger partial charge is 0.493 e. The summed E-state index contributed by atoms with van der Waals surface area (Å²) in [5.41, 5.74) is 2.33. The molecule has 1 aromatic carbocycles. The summed E-state index contributed by atoms with van der Waals surface area (Å²) in [6, 6.07) is 6.08. The van der Waals surface area contributed by atoms with Crippen molar-refractivity contribution >= 4 is 6.09 Å². The van der Waals surface area contributed by atoms with E-state index >= 15 is 0 Å². The second kappa shape index (κ2) is 5.08. The lowest BCUT2D eigenvalue weighted by atomic mass is 10.0. The molecule has 2 rings (SSSR count). The van der Waals surface area contributed by atoms with E-state index in [-0.39, 0.29) is 6.09 Å². The number of nitrogens with zero attached hydrogens (tertiary/aromatic N) is 1. The van der Waals surface area contributed by atoms with Gasteiger partial charge in [-0.15, -0.1) is 0 Å². The van der Waals surface area contributed by atoms with E-state index in [9.17, 15) is 4.79 Å². The lowest BCUT2D eigenvalue weighted by molar-refractivity contribution is 0.131. The maximum absolute atomic E-state index is 11.3. The molecule has 0 N–H and O–H groups in total. The van der Waals surface area contributed by atoms with Crippen LogP contribution in [-0.2, 0) is 17.7 Å². The lowest BCUT2D eigenvalue weighted by Gasteiger charge is -2.20. The van der Waals surface area contributed by atoms with Gasteiger partial charge in [-0.25, -0.2) is 4.79 Å². The van der Waals surface area contributed by atoms with Crippen LogP contribution in [0.25, 0.3) is 0 Å². The third-order valence-electron chi connectivity index (χ3n) is 2.88. The number of hydrogen-bond acceptors (Lipinski definition) is 3. The zero-order valence-electron chi connectivity index (χ0n) is 10.2. The third kappa shape index (κ3) is 2.70. The van der Waals surface area contributed by atoms with Crippen LogP contribution < -0.4 is 4.74 Å². The van der Waals surface area contributed by atoms with Crippen molar-refractivity contribution in [3.63, 3.8) is 0 Å². The minimum atomic E-state index is -0.320. The molecule has 0 bridgehead atoms. The highest BCUT2D eigenvalue weighted by atomic mass is 16.5. The van der Waals surface area contributed by atoms with E-state index in [1.807, 2.05) is 12.1 Å². The van der Waals surface area contributed by atoms with E-state index in [0.717, 1.165) is 30.8 Å². The Balaban J connectivity index is 2.09. The van der Waals surface area contributed by atoms with E-state index in [0.29, 0.717) is 6.54 Å². The van der Waals surface area contributed by atoms with Crippen LogP contribution in [0.4, 0.5) is 4.79 Å². The average molecular weight is 235 g/mol. The zero-order chi connectivity index (χ0) is 12.3. The number of ether oxygens (including phenoxy) is 2. The molecule has 17 heavy (non-hydrogen) atoms. The minimum absolute atomic E-state index is 0.320. The number of benzene rings is 1. The molecular weight excluding hydrogens is 218 g/mol. The Morgan fingerprint density at radius 1 is 1.53 bits per heavy atom. The van der Waals surface area contributed by atoms with Gasteiger partial charge in [-0.3, -0.25) is 0 Å². The smallest absolute Gasteiger partial charge is 0.409 e. The first kappa shape index (κ1) is 11.8. The monoisotopic (exact) mass is 235 g/mol. The van der Waals surface area contributed by atoms with Gasteiger partial charge in [0.15, 0.2) is 0 Å². The second-order valence-corrected chi connectivity index (χ2v) is 4.22. The molecule has 4 heteroatoms. The van der Waals surface area contributed by atoms with Crippen LogP contribution in [0.5, 0.6) is 5.75 Å². The number of methoxy groups -OCH3 is 1. The van der Waals surface area contributed by atoms with Crippen LogP contribution in [0.3, 0.4) is 0 Å². The second-order valence-electron chi connectivity index (χ2n) is 4.22. The Morgan fingerprint density at radius 2 is 2.35 bits per heavy atom. The molecule has 0 fully saturated rings. The molecule has 1 amide bonds. The molecule has 0 saturated carbocycles. The van der Waals surface area contributed by atoms with Crippen LogP contribution in [0.1, 0.15) is 17.5 Å². The maximum Gasteiger partial charge on any atom is 0.409 e. The molecule has 1 aromatic rings. The fourth-order valence-electron chi connectivity index (χ4n) is 2.01. The number of aryl methyl sites for hydroxylation is 1. The highest BCUT2D eigenvalue weighted by Gasteiger charge is 2.13. The average Bonchev–Trinajstić information content (AvgIpc) is 2.37. The van der Waals surface area contributed by atoms with Gasteiger partial charge in [0.1, 0.15) is 5.75 Å². The molecule has 92 valence electrons. The summed E-state index contributed by atoms with van der Waals surface area (Å²) in [6.45, 7) is 1.36. The van der Waals surface area contributed by atoms with E-state index in [2.05, 4.69) is 10.8 Å². The number of hydrogen-bond donors (Lipinski definition) is 0. The van der Waals surface area contributed by atoms with Crippen LogP contribution >= 0.6 is 0 Å². The van der Waals surface area contributed by atoms with Gasteiger partial charge in [-0.1, -0.05) is 12.1 Å². The third-order valence-corrected chi connectivity index (χ3v) is 2.88. The fraction of sp³-hybridized carbons (Fsp3) is 0.462. The van der Waals surface area contributed by atoms with Crippen LogP contribution in [0.2, 0.25) is 0 Å². The molecule has 0 saturated heterocycles. The number of carbonyl (C=O) groups excluding carboxylic acids is 1. The number of amides is 1. The Morgan fingerprint density at radius 3 is 3.12 bits per heavy atom. The summed E-state index contributed by atoms with van der Waals surface area (Å²) >= 11 is 0. The summed E-state index contributed by atoms with van der Waals surface area (Å²) in [7, 11) is 3.11. The normalized spacial score (nSPS) is 13.5. The Bertz CT molecular complexity index is 417. The predicted octanol–water partition coefficient (Wildman–Crippen LogP) is 2.21. The highest BCUT2D eigenvalue weighted by molar-refractivity contribution is 5.67. The minimum Gasteiger partial charge on any atom is -0.493 e. The Kier molecular flexibility index (Phi) is 3.52. The molecule has 0 aliphatic carbocycles. The summed E-state index contributed by atoms with van der Waals surface area (Å²) in [5.74, 6) is 0.973. The van der Waals surface area contributed by atoms with Gasteiger partial charge in [0.2, 0.25) is 0 Å². The first-order valence-corrected chi connectivity index (χ1v) is 5.74. The maximum atomic E-state index is 11.3. The van der Waals surface area contributed by atoms with Gasteiger partial charge in [-0.05, 0) is 30.0 Å². The van der Waals surface area contributed by atoms with E-state index in [1.54, 1.807) is 11.9 Å². The molecule has 0 aromatic heterocycles. The van der Waals surface area contributed by atoms with Crippen molar-refractivity contribution in [2.24, 2.45) is 0 Å². The molecular formula is C13H17NO3. The summed E-state index contributed by atoms with van der Waals surface area (Å²) in [6.07, 6.45) is 1.79. The quantitative estimate of drug-likeness (QED) is 0.789. The molecule has 1 aliphatic heterocycles. The predicted molar refractivity (Wildman–Crippen MR) is 64.1 cm³/mol.